The third kappa shape index (κ3) is 4.10. The normalized spacial score (nSPS) is 32.2. The van der Waals surface area contributed by atoms with Gasteiger partial charge in [0.05, 0.1) is 0 Å². The Morgan fingerprint density at radius 1 is 0.903 bits per heavy atom. The first kappa shape index (κ1) is 25.5. The molecule has 4 rings (SSSR count). The molecule has 2 bridgehead atoms. The Morgan fingerprint density at radius 2 is 1.45 bits per heavy atom. The number of rotatable bonds is 4. The summed E-state index contributed by atoms with van der Waals surface area (Å²) in [4.78, 5) is 16.0. The van der Waals surface area contributed by atoms with Gasteiger partial charge in [-0.2, -0.15) is 0 Å². The fraction of sp³-hybridized carbons (Fsp3) is 0.680. The molecule has 0 aromatic heterocycles. The first-order valence-electron chi connectivity index (χ1n) is 12.5. The SMILES string of the molecule is C[Si](Cl)(Cl)[C@@]1([Sn]([CH3])([CH3])[CH3])B2C(=[C]([Sn]([CH3])([CH3])[CH3])[C@H]1c1ccccc1)C1CCCC2CCC1. The molecule has 2 fully saturated rings. The van der Waals surface area contributed by atoms with Crippen LogP contribution in [-0.4, -0.2) is 50.2 Å². The van der Waals surface area contributed by atoms with Gasteiger partial charge in [0, 0.05) is 0 Å². The summed E-state index contributed by atoms with van der Waals surface area (Å²) in [7, 11) is 0. The van der Waals surface area contributed by atoms with Crippen molar-refractivity contribution >= 4 is 72.3 Å². The molecule has 31 heavy (non-hydrogen) atoms. The fourth-order valence-corrected chi connectivity index (χ4v) is 51.2. The van der Waals surface area contributed by atoms with Gasteiger partial charge >= 0.3 is 213 Å². The van der Waals surface area contributed by atoms with Crippen LogP contribution < -0.4 is 0 Å². The molecule has 0 saturated carbocycles. The Hall–Kier alpha value is 1.42. The molecule has 0 spiro atoms. The molecule has 2 atom stereocenters. The van der Waals surface area contributed by atoms with Gasteiger partial charge in [0.25, 0.3) is 0 Å². The molecule has 0 radical (unpaired) electrons. The average Bonchev–Trinajstić information content (AvgIpc) is 2.74. The van der Waals surface area contributed by atoms with Crippen molar-refractivity contribution in [3.8, 4) is 0 Å². The molecule has 1 aromatic rings. The van der Waals surface area contributed by atoms with Crippen LogP contribution in [-0.2, 0) is 0 Å². The van der Waals surface area contributed by atoms with Crippen molar-refractivity contribution in [3.05, 3.63) is 45.0 Å². The van der Waals surface area contributed by atoms with Crippen LogP contribution in [0.25, 0.3) is 0 Å². The van der Waals surface area contributed by atoms with Gasteiger partial charge in [-0.15, -0.1) is 0 Å². The van der Waals surface area contributed by atoms with Crippen LogP contribution in [0.3, 0.4) is 0 Å². The Balaban J connectivity index is 2.16. The van der Waals surface area contributed by atoms with E-state index in [0.717, 1.165) is 11.7 Å². The number of benzene rings is 1. The second-order valence-electron chi connectivity index (χ2n) is 12.8. The summed E-state index contributed by atoms with van der Waals surface area (Å²) >= 11 is 10.1. The molecule has 0 N–H and O–H groups in total. The molecule has 1 aromatic carbocycles. The van der Waals surface area contributed by atoms with Crippen molar-refractivity contribution in [1.82, 2.24) is 0 Å². The molecule has 0 unspecified atom stereocenters. The summed E-state index contributed by atoms with van der Waals surface area (Å²) in [5.41, 5.74) is 3.48. The van der Waals surface area contributed by atoms with E-state index in [1.165, 1.54) is 44.1 Å². The summed E-state index contributed by atoms with van der Waals surface area (Å²) in [6.07, 6.45) is 8.46. The van der Waals surface area contributed by atoms with Crippen LogP contribution in [0.4, 0.5) is 0 Å². The Bertz CT molecular complexity index is 827. The minimum absolute atomic E-state index is 0.151. The molecule has 3 heterocycles. The van der Waals surface area contributed by atoms with Gasteiger partial charge in [0.15, 0.2) is 0 Å². The second-order valence-corrected chi connectivity index (χ2v) is 51.5. The standard InChI is InChI=1S/C19H23BCl2Si.6CH3.2Sn/c1-23(21,22)19-17(14-7-3-2-4-8-14)13-18-15-9-5-11-16(20(18)19)12-6-10-15;;;;;;;;/h2-4,7-8,15-17H,5-6,9-12H2,1H3;6*1H3;;/t15?,16?,17-;;;;;;;;/m0......../s1. The van der Waals surface area contributed by atoms with Crippen molar-refractivity contribution in [2.75, 3.05) is 0 Å². The maximum atomic E-state index is 7.66. The van der Waals surface area contributed by atoms with Gasteiger partial charge in [-0.1, -0.05) is 0 Å². The van der Waals surface area contributed by atoms with Crippen molar-refractivity contribution in [2.45, 2.75) is 89.4 Å². The number of hydrogen-bond donors (Lipinski definition) is 0. The molecule has 0 nitrogen and oxygen atoms in total. The summed E-state index contributed by atoms with van der Waals surface area (Å²) in [5, 5.41) is 0. The Morgan fingerprint density at radius 3 is 1.90 bits per heavy atom. The predicted molar refractivity (Wildman–Crippen MR) is 150 cm³/mol. The summed E-state index contributed by atoms with van der Waals surface area (Å²) in [5.74, 6) is 2.10. The van der Waals surface area contributed by atoms with E-state index < -0.39 is 43.4 Å². The molecule has 0 amide bonds. The average molecular weight is 689 g/mol. The zero-order valence-electron chi connectivity index (χ0n) is 20.7. The summed E-state index contributed by atoms with van der Waals surface area (Å²) in [6.45, 7) is 0.452. The predicted octanol–water partition coefficient (Wildman–Crippen LogP) is 9.05. The van der Waals surface area contributed by atoms with E-state index in [-0.39, 0.29) is 2.95 Å². The van der Waals surface area contributed by atoms with Gasteiger partial charge in [0.2, 0.25) is 0 Å². The minimum atomic E-state index is -2.71. The Labute approximate surface area is 210 Å². The maximum absolute atomic E-state index is 7.66. The number of hydrogen-bond acceptors (Lipinski definition) is 0. The van der Waals surface area contributed by atoms with Gasteiger partial charge < -0.3 is 0 Å². The van der Waals surface area contributed by atoms with Crippen molar-refractivity contribution in [3.63, 3.8) is 0 Å². The van der Waals surface area contributed by atoms with Crippen LogP contribution in [0.1, 0.15) is 50.0 Å². The quantitative estimate of drug-likeness (QED) is 0.219. The van der Waals surface area contributed by atoms with Gasteiger partial charge in [-0.25, -0.2) is 0 Å². The summed E-state index contributed by atoms with van der Waals surface area (Å²) < 4.78 is 2.11. The molecular weight excluding hydrogens is 648 g/mol. The fourth-order valence-electron chi connectivity index (χ4n) is 8.30. The van der Waals surface area contributed by atoms with E-state index in [4.69, 9.17) is 22.2 Å². The van der Waals surface area contributed by atoms with Crippen molar-refractivity contribution in [2.24, 2.45) is 5.92 Å². The van der Waals surface area contributed by atoms with E-state index in [9.17, 15) is 0 Å². The topological polar surface area (TPSA) is 0 Å². The molecule has 3 aliphatic rings. The van der Waals surface area contributed by atoms with Crippen LogP contribution >= 0.6 is 22.2 Å². The molecule has 0 aliphatic carbocycles. The first-order valence-corrected chi connectivity index (χ1v) is 37.0. The van der Waals surface area contributed by atoms with Crippen molar-refractivity contribution < 1.29 is 0 Å². The monoisotopic (exact) mass is 690 g/mol. The van der Waals surface area contributed by atoms with E-state index in [1.807, 2.05) is 9.06 Å². The van der Waals surface area contributed by atoms with E-state index in [0.29, 0.717) is 12.6 Å². The van der Waals surface area contributed by atoms with Crippen LogP contribution in [0.2, 0.25) is 45.0 Å². The van der Waals surface area contributed by atoms with Gasteiger partial charge in [0.1, 0.15) is 0 Å². The van der Waals surface area contributed by atoms with Gasteiger partial charge in [-0.3, -0.25) is 0 Å². The first-order chi connectivity index (χ1) is 14.3. The summed E-state index contributed by atoms with van der Waals surface area (Å²) in [6, 6.07) is 11.5. The third-order valence-corrected chi connectivity index (χ3v) is 40.0. The molecular formula is C25H41BCl2SiSn2. The van der Waals surface area contributed by atoms with Crippen LogP contribution in [0.5, 0.6) is 0 Å². The second kappa shape index (κ2) is 8.82. The van der Waals surface area contributed by atoms with Gasteiger partial charge in [-0.05, 0) is 0 Å². The van der Waals surface area contributed by atoms with Crippen molar-refractivity contribution in [1.29, 1.82) is 0 Å². The zero-order valence-corrected chi connectivity index (χ0v) is 28.9. The molecule has 6 heteroatoms. The van der Waals surface area contributed by atoms with E-state index in [2.05, 4.69) is 66.5 Å². The molecule has 170 valence electrons. The number of halogens is 2. The third-order valence-electron chi connectivity index (χ3n) is 8.96. The molecule has 3 aliphatic heterocycles. The Kier molecular flexibility index (Phi) is 7.26. The van der Waals surface area contributed by atoms with E-state index in [1.54, 1.807) is 0 Å². The number of allylic oxidation sites excluding steroid dienone is 2. The van der Waals surface area contributed by atoms with E-state index >= 15 is 0 Å². The zero-order chi connectivity index (χ0) is 22.8. The van der Waals surface area contributed by atoms with Crippen LogP contribution in [0, 0.1) is 5.92 Å². The molecule has 2 saturated heterocycles. The van der Waals surface area contributed by atoms with Crippen LogP contribution in [0.15, 0.2) is 39.4 Å².